The molecule has 0 atom stereocenters. The molecule has 544 valence electrons. The summed E-state index contributed by atoms with van der Waals surface area (Å²) >= 11 is 0. The molecule has 0 radical (unpaired) electrons. The molecule has 0 saturated carbocycles. The first-order valence-corrected chi connectivity index (χ1v) is 31.4. The monoisotopic (exact) mass is 1400 g/mol. The highest BCUT2D eigenvalue weighted by atomic mass is 35.5. The predicted octanol–water partition coefficient (Wildman–Crippen LogP) is 15.2. The van der Waals surface area contributed by atoms with Crippen LogP contribution in [0, 0.1) is 0 Å². The number of aromatic amines is 1. The van der Waals surface area contributed by atoms with Crippen LogP contribution in [0.4, 0.5) is 35.4 Å². The number of H-pyrrole nitrogens is 1. The van der Waals surface area contributed by atoms with Gasteiger partial charge in [0.25, 0.3) is 0 Å². The van der Waals surface area contributed by atoms with Gasteiger partial charge in [-0.15, -0.1) is 12.4 Å². The third-order valence-corrected chi connectivity index (χ3v) is 14.2. The number of hydrogen-bond donors (Lipinski definition) is 1. The molecule has 1 N–H and O–H groups in total. The summed E-state index contributed by atoms with van der Waals surface area (Å²) in [5.74, 6) is 1.94. The minimum Gasteiger partial charge on any atom is -0.491 e. The molecular weight excluding hydrogens is 1300 g/mol. The van der Waals surface area contributed by atoms with Crippen LogP contribution in [-0.4, -0.2) is 190 Å². The van der Waals surface area contributed by atoms with Crippen molar-refractivity contribution in [2.75, 3.05) is 148 Å². The average Bonchev–Trinajstić information content (AvgIpc) is 1.61. The van der Waals surface area contributed by atoms with Gasteiger partial charge in [0.15, 0.2) is 0 Å². The molecule has 3 heterocycles. The van der Waals surface area contributed by atoms with Gasteiger partial charge in [-0.05, 0) is 121 Å². The van der Waals surface area contributed by atoms with Crippen LogP contribution in [0.5, 0.6) is 17.2 Å². The summed E-state index contributed by atoms with van der Waals surface area (Å²) in [6, 6.07) is 33.9. The van der Waals surface area contributed by atoms with Crippen molar-refractivity contribution in [2.45, 2.75) is 88.4 Å². The first-order valence-electron chi connectivity index (χ1n) is 31.4. The lowest BCUT2D eigenvalue weighted by atomic mass is 10.1. The number of rotatable bonds is 33. The van der Waals surface area contributed by atoms with Gasteiger partial charge in [0.05, 0.1) is 100 Å². The summed E-state index contributed by atoms with van der Waals surface area (Å²) in [6.07, 6.45) is 2.19. The number of aromatic nitrogens is 3. The van der Waals surface area contributed by atoms with Gasteiger partial charge < -0.3 is 71.8 Å². The maximum atomic E-state index is 13.2. The van der Waals surface area contributed by atoms with Crippen molar-refractivity contribution in [3.8, 4) is 17.2 Å². The molecule has 22 nitrogen and oxygen atoms in total. The Hall–Kier alpha value is -8.62. The summed E-state index contributed by atoms with van der Waals surface area (Å²) in [6.45, 7) is 17.8. The van der Waals surface area contributed by atoms with Crippen LogP contribution < -0.4 is 28.9 Å². The number of amides is 3. The van der Waals surface area contributed by atoms with Crippen LogP contribution in [0.3, 0.4) is 0 Å². The molecule has 0 saturated heterocycles. The fourth-order valence-corrected chi connectivity index (χ4v) is 9.84. The van der Waals surface area contributed by atoms with Gasteiger partial charge in [0.1, 0.15) is 61.6 Å². The minimum absolute atomic E-state index is 0. The average molecular weight is 1400 g/mol. The quantitative estimate of drug-likeness (QED) is 0.0298. The zero-order valence-electron chi connectivity index (χ0n) is 56.3. The number of carbonyl (C=O) groups is 5. The van der Waals surface area contributed by atoms with E-state index in [4.69, 9.17) is 52.1 Å². The molecule has 0 bridgehead atoms. The fourth-order valence-electron chi connectivity index (χ4n) is 9.84. The molecule has 9 rings (SSSR count). The first kappa shape index (κ1) is 84.6. The van der Waals surface area contributed by atoms with Gasteiger partial charge in [0, 0.05) is 101 Å². The molecule has 99 heavy (non-hydrogen) atoms. The Bertz CT molecular complexity index is 3800. The van der Waals surface area contributed by atoms with Crippen LogP contribution in [0.25, 0.3) is 65.4 Å². The third kappa shape index (κ3) is 24.4. The Labute approximate surface area is 585 Å². The molecule has 0 aliphatic carbocycles. The zero-order chi connectivity index (χ0) is 68.5. The van der Waals surface area contributed by atoms with Crippen LogP contribution in [-0.2, 0) is 52.3 Å². The highest BCUT2D eigenvalue weighted by Gasteiger charge is 2.26. The molecule has 0 unspecified atom stereocenters. The van der Waals surface area contributed by atoms with Gasteiger partial charge in [-0.25, -0.2) is 27.5 Å². The fraction of sp³-hybridized carbons (Fsp3) is 0.446. The maximum Gasteiger partial charge on any atom is 0.419 e. The van der Waals surface area contributed by atoms with Crippen molar-refractivity contribution in [1.82, 2.24) is 14.1 Å². The maximum absolute atomic E-state index is 13.2. The molecular formula is C74H101ClF2N6O16. The lowest BCUT2D eigenvalue weighted by Crippen LogP contribution is -2.27. The third-order valence-electron chi connectivity index (χ3n) is 14.2. The van der Waals surface area contributed by atoms with E-state index in [-0.39, 0.29) is 47.9 Å². The number of benzene rings is 6. The number of nitrogens with zero attached hydrogens (tertiary/aromatic N) is 5. The lowest BCUT2D eigenvalue weighted by molar-refractivity contribution is -0.107. The van der Waals surface area contributed by atoms with Crippen LogP contribution in [0.15, 0.2) is 109 Å². The highest BCUT2D eigenvalue weighted by molar-refractivity contribution is 6.15. The second-order valence-electron chi connectivity index (χ2n) is 23.7. The molecule has 0 aliphatic heterocycles. The number of nitrogens with one attached hydrogen (secondary N) is 1. The SMILES string of the molecule is C.C.C.CCCOCCOCCOc1ccc2c3ccc(N(C)C=O)cc3n(C(=O)OC(C)(C)C)c2c1.CN(C=O)c1ccc2c(c1)[nH]c1cc(OCCOCCOCC[18F])ccc12.CN(C=O)c1ccc2c3ccc(OCCOCCOCC[18F])cc3n(C(=O)OC(C)(C)C)c2c1.Cl. The number of fused-ring (bicyclic) bond motifs is 9. The summed E-state index contributed by atoms with van der Waals surface area (Å²) in [5.41, 5.74) is 5.32. The number of hydrogen-bond acceptors (Lipinski definition) is 16. The number of anilines is 3. The van der Waals surface area contributed by atoms with Gasteiger partial charge in [-0.3, -0.25) is 14.4 Å². The predicted molar refractivity (Wildman–Crippen MR) is 392 cm³/mol. The van der Waals surface area contributed by atoms with E-state index in [1.165, 1.54) is 23.8 Å². The van der Waals surface area contributed by atoms with Crippen LogP contribution in [0.1, 0.15) is 77.2 Å². The highest BCUT2D eigenvalue weighted by Crippen LogP contribution is 2.37. The van der Waals surface area contributed by atoms with Gasteiger partial charge in [0.2, 0.25) is 19.2 Å². The second kappa shape index (κ2) is 41.7. The Morgan fingerprint density at radius 1 is 0.404 bits per heavy atom. The van der Waals surface area contributed by atoms with E-state index in [0.29, 0.717) is 131 Å². The Kier molecular flexibility index (Phi) is 35.6. The van der Waals surface area contributed by atoms with E-state index in [0.717, 1.165) is 80.6 Å². The first-order chi connectivity index (χ1) is 45.7. The Morgan fingerprint density at radius 3 is 1.03 bits per heavy atom. The number of carbonyl (C=O) groups excluding carboxylic acids is 5. The summed E-state index contributed by atoms with van der Waals surface area (Å²) in [7, 11) is 5.03. The van der Waals surface area contributed by atoms with E-state index in [1.807, 2.05) is 139 Å². The molecule has 25 heteroatoms. The van der Waals surface area contributed by atoms with Crippen LogP contribution in [0.2, 0.25) is 0 Å². The van der Waals surface area contributed by atoms with E-state index in [1.54, 1.807) is 33.3 Å². The zero-order valence-corrected chi connectivity index (χ0v) is 57.1. The van der Waals surface area contributed by atoms with Crippen molar-refractivity contribution < 1.29 is 84.9 Å². The number of alkyl halides is 2. The van der Waals surface area contributed by atoms with Crippen molar-refractivity contribution in [3.63, 3.8) is 0 Å². The lowest BCUT2D eigenvalue weighted by Gasteiger charge is -2.20. The number of ether oxygens (including phenoxy) is 11. The van der Waals surface area contributed by atoms with Crippen molar-refractivity contribution >= 4 is 126 Å². The molecule has 9 aromatic rings. The van der Waals surface area contributed by atoms with Gasteiger partial charge in [-0.1, -0.05) is 47.4 Å². The Balaban J connectivity index is 0.000000381. The standard InChI is InChI=1S/C26H34N2O6.C25H31FN2O6.C20H23FN2O4.3CH4.ClH/c1-6-11-31-12-13-32-14-15-33-20-8-10-22-21-9-7-19(27(5)18-29)16-23(21)28(24(22)17-20)25(30)34-26(2,3)4;1-25(2,3)34-24(30)28-22-15-18(27(4)17-29)5-7-20(22)21-8-6-19(16-23(21)28)33-14-13-32-12-11-31-10-9-26;1-23(14-24)15-2-4-17-18-5-3-16(13-20(18)22-19(17)12-15)27-11-10-26-9-8-25-7-6-21;;;;/h7-10,16-18H,6,11-15H2,1-5H3;5-8,15-17H,9-14H2,1-4H3;2-5,12-14,22H,6-11H2,1H3;3*1H4;1H/i;26-1;21-1;;;;. The van der Waals surface area contributed by atoms with E-state index in [9.17, 15) is 32.8 Å². The topological polar surface area (TPSA) is 222 Å². The van der Waals surface area contributed by atoms with Crippen molar-refractivity contribution in [3.05, 3.63) is 109 Å². The molecule has 0 aliphatic rings. The largest absolute Gasteiger partial charge is 0.491 e. The molecule has 6 aromatic carbocycles. The van der Waals surface area contributed by atoms with Gasteiger partial charge >= 0.3 is 12.2 Å². The van der Waals surface area contributed by atoms with E-state index < -0.39 is 36.7 Å². The molecule has 0 fully saturated rings. The normalized spacial score (nSPS) is 11.1. The smallest absolute Gasteiger partial charge is 0.419 e. The Morgan fingerprint density at radius 2 is 0.687 bits per heavy atom. The van der Waals surface area contributed by atoms with Crippen molar-refractivity contribution in [2.24, 2.45) is 0 Å². The molecule has 3 amide bonds. The van der Waals surface area contributed by atoms with E-state index in [2.05, 4.69) is 11.9 Å². The molecule has 0 spiro atoms. The van der Waals surface area contributed by atoms with Crippen LogP contribution >= 0.6 is 12.4 Å². The molecule has 3 aromatic heterocycles. The van der Waals surface area contributed by atoms with Crippen molar-refractivity contribution in [1.29, 1.82) is 0 Å². The second-order valence-corrected chi connectivity index (χ2v) is 23.7. The summed E-state index contributed by atoms with van der Waals surface area (Å²) < 4.78 is 87.3. The number of halogens is 3. The summed E-state index contributed by atoms with van der Waals surface area (Å²) in [4.78, 5) is 67.6. The summed E-state index contributed by atoms with van der Waals surface area (Å²) in [5, 5.41) is 5.67. The minimum atomic E-state index is -0.684. The van der Waals surface area contributed by atoms with E-state index >= 15 is 0 Å². The van der Waals surface area contributed by atoms with Gasteiger partial charge in [-0.2, -0.15) is 0 Å².